The lowest BCUT2D eigenvalue weighted by Crippen LogP contribution is -2.01. The molecule has 0 fully saturated rings. The maximum absolute atomic E-state index is 11.8. The summed E-state index contributed by atoms with van der Waals surface area (Å²) in [6.07, 6.45) is 6.45. The Morgan fingerprint density at radius 1 is 0.905 bits per heavy atom. The number of carbonyl (C=O) groups is 2. The number of aryl methyl sites for hydroxylation is 2. The van der Waals surface area contributed by atoms with Gasteiger partial charge in [-0.3, -0.25) is 9.59 Å². The van der Waals surface area contributed by atoms with Crippen molar-refractivity contribution in [1.29, 1.82) is 0 Å². The SMILES string of the molecule is Cc1ccsc1/C=C/C(=O)CC(=O)/C=C/c1sccc1C. The van der Waals surface area contributed by atoms with Crippen LogP contribution < -0.4 is 0 Å². The first-order chi connectivity index (χ1) is 10.1. The molecule has 108 valence electrons. The third kappa shape index (κ3) is 4.62. The van der Waals surface area contributed by atoms with Crippen LogP contribution in [0.3, 0.4) is 0 Å². The molecule has 0 N–H and O–H groups in total. The standard InChI is InChI=1S/C17H16O2S2/c1-12-7-9-20-16(12)5-3-14(18)11-15(19)4-6-17-13(2)8-10-21-17/h3-10H,11H2,1-2H3/b5-3+,6-4+. The predicted octanol–water partition coefficient (Wildman–Crippen LogP) is 4.68. The van der Waals surface area contributed by atoms with Crippen LogP contribution >= 0.6 is 22.7 Å². The van der Waals surface area contributed by atoms with Crippen molar-refractivity contribution in [2.45, 2.75) is 20.3 Å². The first-order valence-corrected chi connectivity index (χ1v) is 8.32. The molecule has 0 bridgehead atoms. The van der Waals surface area contributed by atoms with Crippen molar-refractivity contribution in [1.82, 2.24) is 0 Å². The average molecular weight is 316 g/mol. The summed E-state index contributed by atoms with van der Waals surface area (Å²) in [4.78, 5) is 25.6. The van der Waals surface area contributed by atoms with Crippen LogP contribution in [0.5, 0.6) is 0 Å². The summed E-state index contributed by atoms with van der Waals surface area (Å²) in [5, 5.41) is 3.97. The van der Waals surface area contributed by atoms with Gasteiger partial charge in [0, 0.05) is 9.75 Å². The van der Waals surface area contributed by atoms with E-state index in [2.05, 4.69) is 0 Å². The number of thiophene rings is 2. The highest BCUT2D eigenvalue weighted by molar-refractivity contribution is 7.11. The first kappa shape index (κ1) is 15.6. The van der Waals surface area contributed by atoms with E-state index in [-0.39, 0.29) is 18.0 Å². The van der Waals surface area contributed by atoms with Gasteiger partial charge in [0.15, 0.2) is 11.6 Å². The highest BCUT2D eigenvalue weighted by Crippen LogP contribution is 2.18. The van der Waals surface area contributed by atoms with Gasteiger partial charge in [-0.2, -0.15) is 0 Å². The third-order valence-electron chi connectivity index (χ3n) is 2.99. The molecule has 0 aliphatic rings. The molecular weight excluding hydrogens is 300 g/mol. The van der Waals surface area contributed by atoms with Crippen LogP contribution in [0.25, 0.3) is 12.2 Å². The van der Waals surface area contributed by atoms with Crippen molar-refractivity contribution in [3.8, 4) is 0 Å². The molecule has 0 atom stereocenters. The number of hydrogen-bond donors (Lipinski definition) is 0. The summed E-state index contributed by atoms with van der Waals surface area (Å²) >= 11 is 3.17. The zero-order valence-corrected chi connectivity index (χ0v) is 13.6. The van der Waals surface area contributed by atoms with E-state index in [1.807, 2.05) is 36.7 Å². The van der Waals surface area contributed by atoms with E-state index < -0.39 is 0 Å². The van der Waals surface area contributed by atoms with E-state index >= 15 is 0 Å². The molecule has 0 aromatic carbocycles. The molecule has 2 aromatic rings. The van der Waals surface area contributed by atoms with Gasteiger partial charge >= 0.3 is 0 Å². The van der Waals surface area contributed by atoms with Crippen LogP contribution in [0.1, 0.15) is 27.3 Å². The molecule has 2 aromatic heterocycles. The van der Waals surface area contributed by atoms with Crippen LogP contribution in [-0.2, 0) is 9.59 Å². The molecule has 0 saturated heterocycles. The van der Waals surface area contributed by atoms with Gasteiger partial charge in [0.2, 0.25) is 0 Å². The molecule has 0 spiro atoms. The largest absolute Gasteiger partial charge is 0.294 e. The molecule has 2 heterocycles. The highest BCUT2D eigenvalue weighted by Gasteiger charge is 2.05. The van der Waals surface area contributed by atoms with Crippen molar-refractivity contribution in [2.24, 2.45) is 0 Å². The average Bonchev–Trinajstić information content (AvgIpc) is 3.03. The molecule has 0 unspecified atom stereocenters. The van der Waals surface area contributed by atoms with Crippen molar-refractivity contribution in [2.75, 3.05) is 0 Å². The second-order valence-corrected chi connectivity index (χ2v) is 6.61. The normalized spacial score (nSPS) is 11.5. The molecule has 0 radical (unpaired) electrons. The maximum atomic E-state index is 11.8. The van der Waals surface area contributed by atoms with E-state index in [0.29, 0.717) is 0 Å². The minimum atomic E-state index is -0.166. The zero-order valence-electron chi connectivity index (χ0n) is 12.0. The summed E-state index contributed by atoms with van der Waals surface area (Å²) in [5.74, 6) is -0.333. The fourth-order valence-electron chi connectivity index (χ4n) is 1.74. The molecule has 2 rings (SSSR count). The van der Waals surface area contributed by atoms with Crippen LogP contribution in [0.2, 0.25) is 0 Å². The van der Waals surface area contributed by atoms with Gasteiger partial charge in [0.05, 0.1) is 6.42 Å². The smallest absolute Gasteiger partial charge is 0.163 e. The monoisotopic (exact) mass is 316 g/mol. The van der Waals surface area contributed by atoms with Crippen molar-refractivity contribution in [3.63, 3.8) is 0 Å². The molecule has 0 saturated carbocycles. The lowest BCUT2D eigenvalue weighted by molar-refractivity contribution is -0.121. The van der Waals surface area contributed by atoms with Gasteiger partial charge in [-0.15, -0.1) is 22.7 Å². The fourth-order valence-corrected chi connectivity index (χ4v) is 3.38. The number of allylic oxidation sites excluding steroid dienone is 2. The van der Waals surface area contributed by atoms with Gasteiger partial charge < -0.3 is 0 Å². The van der Waals surface area contributed by atoms with Gasteiger partial charge in [0.1, 0.15) is 0 Å². The molecule has 4 heteroatoms. The summed E-state index contributed by atoms with van der Waals surface area (Å²) in [7, 11) is 0. The van der Waals surface area contributed by atoms with Crippen LogP contribution in [0.4, 0.5) is 0 Å². The third-order valence-corrected chi connectivity index (χ3v) is 4.96. The fraction of sp³-hybridized carbons (Fsp3) is 0.176. The second-order valence-electron chi connectivity index (χ2n) is 4.71. The molecule has 21 heavy (non-hydrogen) atoms. The van der Waals surface area contributed by atoms with E-state index in [1.165, 1.54) is 12.2 Å². The molecule has 0 aliphatic heterocycles. The topological polar surface area (TPSA) is 34.1 Å². The quantitative estimate of drug-likeness (QED) is 0.573. The summed E-state index contributed by atoms with van der Waals surface area (Å²) < 4.78 is 0. The number of hydrogen-bond acceptors (Lipinski definition) is 4. The summed E-state index contributed by atoms with van der Waals surface area (Å²) in [6, 6.07) is 4.01. The Hall–Kier alpha value is -1.78. The van der Waals surface area contributed by atoms with E-state index in [0.717, 1.165) is 20.9 Å². The lowest BCUT2D eigenvalue weighted by Gasteiger charge is -1.93. The Labute approximate surface area is 132 Å². The van der Waals surface area contributed by atoms with Crippen molar-refractivity contribution < 1.29 is 9.59 Å². The minimum absolute atomic E-state index is 0.0815. The van der Waals surface area contributed by atoms with Gasteiger partial charge in [-0.25, -0.2) is 0 Å². The Kier molecular flexibility index (Phi) is 5.42. The molecular formula is C17H16O2S2. The van der Waals surface area contributed by atoms with E-state index in [4.69, 9.17) is 0 Å². The Bertz CT molecular complexity index is 642. The molecule has 0 aliphatic carbocycles. The van der Waals surface area contributed by atoms with Crippen LogP contribution in [0, 0.1) is 13.8 Å². The minimum Gasteiger partial charge on any atom is -0.294 e. The van der Waals surface area contributed by atoms with E-state index in [9.17, 15) is 9.59 Å². The highest BCUT2D eigenvalue weighted by atomic mass is 32.1. The van der Waals surface area contributed by atoms with Crippen molar-refractivity contribution >= 4 is 46.4 Å². The van der Waals surface area contributed by atoms with Crippen molar-refractivity contribution in [3.05, 3.63) is 55.9 Å². The predicted molar refractivity (Wildman–Crippen MR) is 90.8 cm³/mol. The van der Waals surface area contributed by atoms with E-state index in [1.54, 1.807) is 34.8 Å². The number of carbonyl (C=O) groups excluding carboxylic acids is 2. The summed E-state index contributed by atoms with van der Waals surface area (Å²) in [5.41, 5.74) is 2.28. The van der Waals surface area contributed by atoms with Gasteiger partial charge in [-0.1, -0.05) is 0 Å². The maximum Gasteiger partial charge on any atom is 0.163 e. The Balaban J connectivity index is 1.89. The van der Waals surface area contributed by atoms with Crippen LogP contribution in [-0.4, -0.2) is 11.6 Å². The molecule has 2 nitrogen and oxygen atoms in total. The summed E-state index contributed by atoms with van der Waals surface area (Å²) in [6.45, 7) is 4.00. The van der Waals surface area contributed by atoms with Gasteiger partial charge in [0.25, 0.3) is 0 Å². The lowest BCUT2D eigenvalue weighted by atomic mass is 10.1. The Morgan fingerprint density at radius 2 is 1.33 bits per heavy atom. The molecule has 0 amide bonds. The second kappa shape index (κ2) is 7.29. The van der Waals surface area contributed by atoms with Gasteiger partial charge in [-0.05, 0) is 72.2 Å². The zero-order chi connectivity index (χ0) is 15.2. The number of rotatable bonds is 6. The Morgan fingerprint density at radius 3 is 1.67 bits per heavy atom. The van der Waals surface area contributed by atoms with Crippen LogP contribution in [0.15, 0.2) is 35.0 Å². The number of ketones is 2. The first-order valence-electron chi connectivity index (χ1n) is 6.56.